The second kappa shape index (κ2) is 7.74. The van der Waals surface area contributed by atoms with Crippen LogP contribution in [0.5, 0.6) is 5.75 Å². The van der Waals surface area contributed by atoms with E-state index in [1.165, 1.54) is 23.8 Å². The number of nitrogens with zero attached hydrogens (tertiary/aromatic N) is 5. The van der Waals surface area contributed by atoms with Gasteiger partial charge in [-0.3, -0.25) is 24.0 Å². The third-order valence-electron chi connectivity index (χ3n) is 4.75. The average molecular weight is 399 g/mol. The molecule has 0 bridgehead atoms. The summed E-state index contributed by atoms with van der Waals surface area (Å²) in [5.41, 5.74) is -0.0737. The number of rotatable bonds is 6. The molecule has 152 valence electrons. The van der Waals surface area contributed by atoms with Gasteiger partial charge in [-0.2, -0.15) is 0 Å². The molecule has 0 amide bonds. The van der Waals surface area contributed by atoms with Gasteiger partial charge in [0.25, 0.3) is 5.56 Å². The van der Waals surface area contributed by atoms with Crippen molar-refractivity contribution >= 4 is 29.0 Å². The molecule has 0 spiro atoms. The Labute approximate surface area is 165 Å². The van der Waals surface area contributed by atoms with E-state index in [1.807, 2.05) is 0 Å². The predicted molar refractivity (Wildman–Crippen MR) is 109 cm³/mol. The van der Waals surface area contributed by atoms with Gasteiger partial charge in [-0.1, -0.05) is 6.07 Å². The van der Waals surface area contributed by atoms with Crippen LogP contribution in [0.1, 0.15) is 25.2 Å². The molecular formula is C19H21N5O5. The number of nitro benzene ring substituents is 1. The maximum absolute atomic E-state index is 12.7. The molecule has 10 heteroatoms. The minimum atomic E-state index is -0.512. The number of aryl methyl sites for hydroxylation is 2. The Kier molecular flexibility index (Phi) is 5.35. The van der Waals surface area contributed by atoms with Crippen molar-refractivity contribution in [3.05, 3.63) is 60.5 Å². The summed E-state index contributed by atoms with van der Waals surface area (Å²) in [4.78, 5) is 40.6. The van der Waals surface area contributed by atoms with Crippen LogP contribution in [0, 0.1) is 10.1 Å². The molecule has 0 N–H and O–H groups in total. The molecule has 0 radical (unpaired) electrons. The molecule has 0 saturated carbocycles. The van der Waals surface area contributed by atoms with Gasteiger partial charge in [0.05, 0.1) is 17.6 Å². The molecule has 3 rings (SSSR count). The van der Waals surface area contributed by atoms with Crippen LogP contribution in [0.25, 0.3) is 23.3 Å². The molecule has 2 aromatic heterocycles. The highest BCUT2D eigenvalue weighted by Gasteiger charge is 2.20. The van der Waals surface area contributed by atoms with Crippen molar-refractivity contribution in [2.75, 3.05) is 7.11 Å². The SMILES string of the molecule is CCn1c(=O)c2c(nc(/C=C/c3cccc(OC)c3[N+](=O)[O-])n2C)n(CC)c1=O. The summed E-state index contributed by atoms with van der Waals surface area (Å²) in [6.45, 7) is 4.14. The Balaban J connectivity index is 2.22. The number of ether oxygens (including phenoxy) is 1. The lowest BCUT2D eigenvalue weighted by Gasteiger charge is -2.08. The molecule has 29 heavy (non-hydrogen) atoms. The first-order chi connectivity index (χ1) is 13.8. The van der Waals surface area contributed by atoms with Crippen LogP contribution in [0.15, 0.2) is 27.8 Å². The molecule has 2 heterocycles. The topological polar surface area (TPSA) is 114 Å². The zero-order valence-electron chi connectivity index (χ0n) is 16.6. The smallest absolute Gasteiger partial charge is 0.332 e. The number of nitro groups is 1. The van der Waals surface area contributed by atoms with Crippen molar-refractivity contribution in [3.8, 4) is 5.75 Å². The average Bonchev–Trinajstić information content (AvgIpc) is 3.02. The van der Waals surface area contributed by atoms with Crippen molar-refractivity contribution < 1.29 is 9.66 Å². The summed E-state index contributed by atoms with van der Waals surface area (Å²) in [5.74, 6) is 0.539. The first-order valence-electron chi connectivity index (χ1n) is 9.05. The third kappa shape index (κ3) is 3.22. The summed E-state index contributed by atoms with van der Waals surface area (Å²) in [5, 5.41) is 11.4. The van der Waals surface area contributed by atoms with E-state index in [1.54, 1.807) is 43.7 Å². The largest absolute Gasteiger partial charge is 0.490 e. The van der Waals surface area contributed by atoms with E-state index < -0.39 is 16.2 Å². The number of hydrogen-bond donors (Lipinski definition) is 0. The van der Waals surface area contributed by atoms with E-state index >= 15 is 0 Å². The fraction of sp³-hybridized carbons (Fsp3) is 0.316. The number of hydrogen-bond acceptors (Lipinski definition) is 6. The normalized spacial score (nSPS) is 11.4. The molecule has 0 fully saturated rings. The summed E-state index contributed by atoms with van der Waals surface area (Å²) in [6, 6.07) is 4.75. The Morgan fingerprint density at radius 3 is 2.45 bits per heavy atom. The molecule has 10 nitrogen and oxygen atoms in total. The van der Waals surface area contributed by atoms with Crippen LogP contribution in [0.3, 0.4) is 0 Å². The van der Waals surface area contributed by atoms with Crippen LogP contribution in [0.4, 0.5) is 5.69 Å². The minimum absolute atomic E-state index is 0.146. The van der Waals surface area contributed by atoms with E-state index in [4.69, 9.17) is 4.74 Å². The van der Waals surface area contributed by atoms with Crippen molar-refractivity contribution in [3.63, 3.8) is 0 Å². The van der Waals surface area contributed by atoms with Crippen LogP contribution >= 0.6 is 0 Å². The highest BCUT2D eigenvalue weighted by atomic mass is 16.6. The van der Waals surface area contributed by atoms with Gasteiger partial charge in [-0.15, -0.1) is 0 Å². The van der Waals surface area contributed by atoms with Crippen molar-refractivity contribution in [2.24, 2.45) is 7.05 Å². The zero-order valence-corrected chi connectivity index (χ0v) is 16.6. The second-order valence-electron chi connectivity index (χ2n) is 6.27. The fourth-order valence-corrected chi connectivity index (χ4v) is 3.29. The quantitative estimate of drug-likeness (QED) is 0.463. The van der Waals surface area contributed by atoms with Gasteiger partial charge < -0.3 is 9.30 Å². The molecule has 0 saturated heterocycles. The standard InChI is InChI=1S/C19H21N5O5/c1-5-22-17-16(18(25)23(6-2)19(22)26)21(3)14(20-17)11-10-12-8-7-9-13(29-4)15(12)24(27)28/h7-11H,5-6H2,1-4H3/b11-10+. The van der Waals surface area contributed by atoms with Crippen molar-refractivity contribution in [1.82, 2.24) is 18.7 Å². The molecule has 0 atom stereocenters. The monoisotopic (exact) mass is 399 g/mol. The molecule has 1 aromatic carbocycles. The predicted octanol–water partition coefficient (Wildman–Crippen LogP) is 2.02. The van der Waals surface area contributed by atoms with Gasteiger partial charge in [-0.05, 0) is 38.1 Å². The summed E-state index contributed by atoms with van der Waals surface area (Å²) >= 11 is 0. The minimum Gasteiger partial charge on any atom is -0.490 e. The molecule has 0 aliphatic rings. The van der Waals surface area contributed by atoms with Crippen LogP contribution < -0.4 is 16.0 Å². The zero-order chi connectivity index (χ0) is 21.3. The first-order valence-corrected chi connectivity index (χ1v) is 9.05. The third-order valence-corrected chi connectivity index (χ3v) is 4.75. The number of methoxy groups -OCH3 is 1. The van der Waals surface area contributed by atoms with E-state index in [0.29, 0.717) is 23.4 Å². The Hall–Kier alpha value is -3.69. The van der Waals surface area contributed by atoms with Gasteiger partial charge >= 0.3 is 11.4 Å². The van der Waals surface area contributed by atoms with Crippen molar-refractivity contribution in [1.29, 1.82) is 0 Å². The molecular weight excluding hydrogens is 378 g/mol. The lowest BCUT2D eigenvalue weighted by atomic mass is 10.1. The van der Waals surface area contributed by atoms with Gasteiger partial charge in [0.15, 0.2) is 16.9 Å². The summed E-state index contributed by atoms with van der Waals surface area (Å²) < 4.78 is 9.26. The number of aromatic nitrogens is 4. The molecule has 3 aromatic rings. The highest BCUT2D eigenvalue weighted by molar-refractivity contribution is 5.79. The Bertz CT molecular complexity index is 1250. The Morgan fingerprint density at radius 2 is 1.86 bits per heavy atom. The lowest BCUT2D eigenvalue weighted by Crippen LogP contribution is -2.39. The molecule has 0 aliphatic carbocycles. The van der Waals surface area contributed by atoms with E-state index in [-0.39, 0.29) is 23.6 Å². The second-order valence-corrected chi connectivity index (χ2v) is 6.27. The first kappa shape index (κ1) is 20.1. The van der Waals surface area contributed by atoms with E-state index in [9.17, 15) is 19.7 Å². The van der Waals surface area contributed by atoms with Crippen molar-refractivity contribution in [2.45, 2.75) is 26.9 Å². The molecule has 0 unspecified atom stereocenters. The number of benzene rings is 1. The van der Waals surface area contributed by atoms with E-state index in [2.05, 4.69) is 4.98 Å². The summed E-state index contributed by atoms with van der Waals surface area (Å²) in [7, 11) is 3.03. The summed E-state index contributed by atoms with van der Waals surface area (Å²) in [6.07, 6.45) is 3.11. The number of fused-ring (bicyclic) bond motifs is 1. The maximum atomic E-state index is 12.7. The molecule has 0 aliphatic heterocycles. The lowest BCUT2D eigenvalue weighted by molar-refractivity contribution is -0.386. The van der Waals surface area contributed by atoms with Crippen LogP contribution in [-0.2, 0) is 20.1 Å². The van der Waals surface area contributed by atoms with Crippen LogP contribution in [0.2, 0.25) is 0 Å². The fourth-order valence-electron chi connectivity index (χ4n) is 3.29. The maximum Gasteiger partial charge on any atom is 0.332 e. The van der Waals surface area contributed by atoms with E-state index in [0.717, 1.165) is 4.57 Å². The Morgan fingerprint density at radius 1 is 1.17 bits per heavy atom. The number of imidazole rings is 1. The van der Waals surface area contributed by atoms with Gasteiger partial charge in [0, 0.05) is 20.1 Å². The highest BCUT2D eigenvalue weighted by Crippen LogP contribution is 2.31. The van der Waals surface area contributed by atoms with Gasteiger partial charge in [0.1, 0.15) is 5.82 Å². The van der Waals surface area contributed by atoms with Gasteiger partial charge in [0.2, 0.25) is 0 Å². The van der Waals surface area contributed by atoms with Gasteiger partial charge in [-0.25, -0.2) is 9.78 Å². The van der Waals surface area contributed by atoms with Crippen LogP contribution in [-0.4, -0.2) is 30.7 Å². The number of para-hydroxylation sites is 1.